The van der Waals surface area contributed by atoms with Crippen molar-refractivity contribution in [1.82, 2.24) is 4.90 Å². The monoisotopic (exact) mass is 511 g/mol. The summed E-state index contributed by atoms with van der Waals surface area (Å²) in [5.74, 6) is 0. The van der Waals surface area contributed by atoms with Crippen LogP contribution in [0.3, 0.4) is 0 Å². The van der Waals surface area contributed by atoms with Gasteiger partial charge < -0.3 is 20.6 Å². The molecule has 198 valence electrons. The van der Waals surface area contributed by atoms with Gasteiger partial charge in [-0.15, -0.1) is 0 Å². The van der Waals surface area contributed by atoms with Gasteiger partial charge in [0, 0.05) is 6.04 Å². The van der Waals surface area contributed by atoms with E-state index < -0.39 is 13.9 Å². The molecule has 7 heteroatoms. The van der Waals surface area contributed by atoms with E-state index >= 15 is 0 Å². The fraction of sp³-hybridized carbons (Fsp3) is 0.552. The average molecular weight is 512 g/mol. The van der Waals surface area contributed by atoms with Gasteiger partial charge in [0.25, 0.3) is 0 Å². The number of nitrogens with two attached hydrogens (primary N) is 2. The van der Waals surface area contributed by atoms with Crippen LogP contribution in [-0.4, -0.2) is 37.0 Å². The van der Waals surface area contributed by atoms with Crippen molar-refractivity contribution in [2.45, 2.75) is 103 Å². The minimum atomic E-state index is -2.15. The number of rotatable bonds is 6. The molecule has 1 aliphatic heterocycles. The number of ether oxygens (including phenoxy) is 1. The lowest BCUT2D eigenvalue weighted by Crippen LogP contribution is -2.50. The molecule has 2 aromatic rings. The quantitative estimate of drug-likeness (QED) is 0.324. The molecule has 3 atom stereocenters. The van der Waals surface area contributed by atoms with Gasteiger partial charge in [0.1, 0.15) is 5.60 Å². The van der Waals surface area contributed by atoms with Crippen molar-refractivity contribution in [3.05, 3.63) is 59.7 Å². The Morgan fingerprint density at radius 2 is 1.64 bits per heavy atom. The maximum atomic E-state index is 13.7. The molecule has 1 heterocycles. The lowest BCUT2D eigenvalue weighted by molar-refractivity contribution is -0.00238. The fourth-order valence-electron chi connectivity index (χ4n) is 4.54. The molecule has 0 aromatic heterocycles. The first-order chi connectivity index (χ1) is 16.6. The van der Waals surface area contributed by atoms with Gasteiger partial charge in [0.2, 0.25) is 0 Å². The second-order valence-electron chi connectivity index (χ2n) is 12.6. The topological polar surface area (TPSA) is 90.8 Å². The number of hydrogen-bond acceptors (Lipinski definition) is 5. The Hall–Kier alpha value is -2.51. The largest absolute Gasteiger partial charge is 0.444 e. The van der Waals surface area contributed by atoms with Crippen LogP contribution in [-0.2, 0) is 15.6 Å². The molecule has 0 saturated carbocycles. The zero-order chi connectivity index (χ0) is 26.9. The molecule has 6 nitrogen and oxygen atoms in total. The number of anilines is 2. The molecule has 1 fully saturated rings. The summed E-state index contributed by atoms with van der Waals surface area (Å²) in [6, 6.07) is 15.9. The molecule has 1 saturated heterocycles. The molecular formula is C29H45N3O3Si. The van der Waals surface area contributed by atoms with Crippen molar-refractivity contribution in [1.29, 1.82) is 0 Å². The van der Waals surface area contributed by atoms with E-state index in [-0.39, 0.29) is 29.3 Å². The zero-order valence-corrected chi connectivity index (χ0v) is 24.3. The number of nitrogen functional groups attached to an aromatic ring is 2. The summed E-state index contributed by atoms with van der Waals surface area (Å²) in [5, 5.41) is 0.0380. The first-order valence-electron chi connectivity index (χ1n) is 13.0. The predicted molar refractivity (Wildman–Crippen MR) is 151 cm³/mol. The molecule has 3 rings (SSSR count). The van der Waals surface area contributed by atoms with Crippen LogP contribution in [0.25, 0.3) is 0 Å². The second-order valence-corrected chi connectivity index (χ2v) is 17.3. The Kier molecular flexibility index (Phi) is 8.16. The fourth-order valence-corrected chi connectivity index (χ4v) is 5.82. The Bertz CT molecular complexity index is 1040. The normalized spacial score (nSPS) is 19.8. The van der Waals surface area contributed by atoms with E-state index in [0.29, 0.717) is 17.8 Å². The number of benzene rings is 2. The van der Waals surface area contributed by atoms with Crippen LogP contribution in [0, 0.1) is 0 Å². The summed E-state index contributed by atoms with van der Waals surface area (Å²) in [4.78, 5) is 15.7. The van der Waals surface area contributed by atoms with Gasteiger partial charge in [-0.1, -0.05) is 57.2 Å². The van der Waals surface area contributed by atoms with Crippen LogP contribution in [0.2, 0.25) is 18.1 Å². The Labute approximate surface area is 218 Å². The summed E-state index contributed by atoms with van der Waals surface area (Å²) in [6.07, 6.45) is 1.85. The molecule has 1 aliphatic rings. The molecule has 0 aliphatic carbocycles. The van der Waals surface area contributed by atoms with Crippen LogP contribution >= 0.6 is 0 Å². The smallest absolute Gasteiger partial charge is 0.410 e. The van der Waals surface area contributed by atoms with Gasteiger partial charge >= 0.3 is 6.09 Å². The molecular weight excluding hydrogens is 466 g/mol. The van der Waals surface area contributed by atoms with E-state index in [1.54, 1.807) is 0 Å². The third-order valence-electron chi connectivity index (χ3n) is 7.48. The molecule has 4 N–H and O–H groups in total. The Morgan fingerprint density at radius 1 is 1.00 bits per heavy atom. The van der Waals surface area contributed by atoms with E-state index in [1.165, 1.54) is 0 Å². The van der Waals surface area contributed by atoms with E-state index in [9.17, 15) is 4.79 Å². The van der Waals surface area contributed by atoms with Gasteiger partial charge in [-0.05, 0) is 81.4 Å². The summed E-state index contributed by atoms with van der Waals surface area (Å²) in [6.45, 7) is 17.0. The van der Waals surface area contributed by atoms with Gasteiger partial charge in [-0.3, -0.25) is 4.90 Å². The minimum Gasteiger partial charge on any atom is -0.444 e. The van der Waals surface area contributed by atoms with Crippen molar-refractivity contribution >= 4 is 25.8 Å². The third-order valence-corrected chi connectivity index (χ3v) is 11.9. The number of hydrogen-bond donors (Lipinski definition) is 2. The summed E-state index contributed by atoms with van der Waals surface area (Å²) < 4.78 is 13.0. The van der Waals surface area contributed by atoms with Gasteiger partial charge in [0.05, 0.1) is 23.5 Å². The number of nitrogens with zero attached hydrogens (tertiary/aromatic N) is 1. The van der Waals surface area contributed by atoms with Crippen LogP contribution in [0.5, 0.6) is 0 Å². The molecule has 1 amide bonds. The molecule has 0 bridgehead atoms. The SMILES string of the molecule is CC(C)(C)OC(=O)N1C(Cc2ccc(N)c(N)c2)CC[C@@H]1[C@H](O[Si](C)(C)C(C)(C)C)c1ccccc1. The highest BCUT2D eigenvalue weighted by Gasteiger charge is 2.47. The predicted octanol–water partition coefficient (Wildman–Crippen LogP) is 6.92. The van der Waals surface area contributed by atoms with E-state index in [1.807, 2.05) is 62.1 Å². The zero-order valence-electron chi connectivity index (χ0n) is 23.3. The third kappa shape index (κ3) is 6.62. The highest BCUT2D eigenvalue weighted by molar-refractivity contribution is 6.74. The second kappa shape index (κ2) is 10.5. The molecule has 36 heavy (non-hydrogen) atoms. The lowest BCUT2D eigenvalue weighted by atomic mass is 10.0. The van der Waals surface area contributed by atoms with E-state index in [2.05, 4.69) is 46.0 Å². The van der Waals surface area contributed by atoms with E-state index in [4.69, 9.17) is 20.6 Å². The highest BCUT2D eigenvalue weighted by Crippen LogP contribution is 2.44. The van der Waals surface area contributed by atoms with E-state index in [0.717, 1.165) is 24.0 Å². The number of carbonyl (C=O) groups excluding carboxylic acids is 1. The first-order valence-corrected chi connectivity index (χ1v) is 15.9. The van der Waals surface area contributed by atoms with Gasteiger partial charge in [0.15, 0.2) is 8.32 Å². The standard InChI is InChI=1S/C29H45N3O3Si/c1-28(2,3)34-27(33)32-22(18-20-14-16-23(30)24(31)19-20)15-17-25(32)26(21-12-10-9-11-13-21)35-36(7,8)29(4,5)6/h9-14,16,19,22,25-26H,15,17-18,30-31H2,1-8H3/t22?,25-,26-/m1/s1. The Balaban J connectivity index is 2.01. The van der Waals surface area contributed by atoms with Crippen LogP contribution in [0.1, 0.15) is 71.6 Å². The average Bonchev–Trinajstić information content (AvgIpc) is 3.16. The van der Waals surface area contributed by atoms with Crippen molar-refractivity contribution < 1.29 is 14.0 Å². The van der Waals surface area contributed by atoms with Crippen molar-refractivity contribution in [2.75, 3.05) is 11.5 Å². The first kappa shape index (κ1) is 28.1. The van der Waals surface area contributed by atoms with Gasteiger partial charge in [-0.25, -0.2) is 4.79 Å². The number of carbonyl (C=O) groups is 1. The Morgan fingerprint density at radius 3 is 2.19 bits per heavy atom. The summed E-state index contributed by atoms with van der Waals surface area (Å²) in [7, 11) is -2.15. The van der Waals surface area contributed by atoms with Crippen LogP contribution < -0.4 is 11.5 Å². The maximum Gasteiger partial charge on any atom is 0.410 e. The van der Waals surface area contributed by atoms with Crippen molar-refractivity contribution in [2.24, 2.45) is 0 Å². The number of likely N-dealkylation sites (tertiary alicyclic amines) is 1. The lowest BCUT2D eigenvalue weighted by Gasteiger charge is -2.43. The van der Waals surface area contributed by atoms with Gasteiger partial charge in [-0.2, -0.15) is 0 Å². The van der Waals surface area contributed by atoms with Crippen LogP contribution in [0.15, 0.2) is 48.5 Å². The number of amides is 1. The summed E-state index contributed by atoms with van der Waals surface area (Å²) >= 11 is 0. The molecule has 2 aromatic carbocycles. The molecule has 0 spiro atoms. The van der Waals surface area contributed by atoms with Crippen molar-refractivity contribution in [3.63, 3.8) is 0 Å². The van der Waals surface area contributed by atoms with Crippen molar-refractivity contribution in [3.8, 4) is 0 Å². The summed E-state index contributed by atoms with van der Waals surface area (Å²) in [5.41, 5.74) is 14.7. The minimum absolute atomic E-state index is 0.0258. The maximum absolute atomic E-state index is 13.7. The van der Waals surface area contributed by atoms with Crippen LogP contribution in [0.4, 0.5) is 16.2 Å². The highest BCUT2D eigenvalue weighted by atomic mass is 28.4. The molecule has 0 radical (unpaired) electrons. The molecule has 1 unspecified atom stereocenters.